The molecule has 0 aliphatic heterocycles. The maximum absolute atomic E-state index is 2.33. The van der Waals surface area contributed by atoms with Crippen LogP contribution in [0.4, 0.5) is 0 Å². The van der Waals surface area contributed by atoms with Crippen LogP contribution in [0.15, 0.2) is 72.3 Å². The van der Waals surface area contributed by atoms with E-state index < -0.39 is 0 Å². The number of fused-ring (bicyclic) bond motifs is 5. The van der Waals surface area contributed by atoms with E-state index in [4.69, 9.17) is 0 Å². The Morgan fingerprint density at radius 1 is 0.667 bits per heavy atom. The standard InChI is InChI=1S/C21H13/c1-2-6-15-10-18-13-21-19(12-17(18)9-14(15)5-1)11-16-7-3-4-8-20(16)21/h1-13H. The van der Waals surface area contributed by atoms with Crippen molar-refractivity contribution in [2.75, 3.05) is 0 Å². The first-order valence-electron chi connectivity index (χ1n) is 7.29. The number of hydrogen-bond acceptors (Lipinski definition) is 0. The van der Waals surface area contributed by atoms with E-state index in [0.717, 1.165) is 0 Å². The summed E-state index contributed by atoms with van der Waals surface area (Å²) in [6.45, 7) is 0. The maximum Gasteiger partial charge on any atom is 0.0131 e. The van der Waals surface area contributed by atoms with Crippen LogP contribution in [-0.4, -0.2) is 0 Å². The smallest absolute Gasteiger partial charge is 0.0131 e. The fraction of sp³-hybridized carbons (Fsp3) is 0. The highest BCUT2D eigenvalue weighted by atomic mass is 14.2. The molecule has 0 saturated carbocycles. The normalized spacial score (nSPS) is 15.8. The van der Waals surface area contributed by atoms with Gasteiger partial charge in [0.1, 0.15) is 0 Å². The fourth-order valence-electron chi connectivity index (χ4n) is 3.40. The van der Waals surface area contributed by atoms with Gasteiger partial charge in [-0.15, -0.1) is 0 Å². The Bertz CT molecular complexity index is 997. The molecule has 2 aliphatic rings. The average Bonchev–Trinajstić information content (AvgIpc) is 2.88. The summed E-state index contributed by atoms with van der Waals surface area (Å²) >= 11 is 0. The lowest BCUT2D eigenvalue weighted by molar-refractivity contribution is 1.58. The van der Waals surface area contributed by atoms with Crippen LogP contribution in [0, 0.1) is 6.42 Å². The molecule has 0 atom stereocenters. The van der Waals surface area contributed by atoms with Gasteiger partial charge in [0.05, 0.1) is 0 Å². The molecule has 2 aliphatic carbocycles. The summed E-state index contributed by atoms with van der Waals surface area (Å²) in [5.74, 6) is 0. The van der Waals surface area contributed by atoms with E-state index in [-0.39, 0.29) is 0 Å². The number of allylic oxidation sites excluding steroid dienone is 5. The van der Waals surface area contributed by atoms with E-state index in [9.17, 15) is 0 Å². The van der Waals surface area contributed by atoms with Gasteiger partial charge in [-0.05, 0) is 74.2 Å². The Hall–Kier alpha value is -2.60. The molecular formula is C21H13. The minimum absolute atomic E-state index is 1.31. The van der Waals surface area contributed by atoms with E-state index >= 15 is 0 Å². The van der Waals surface area contributed by atoms with Gasteiger partial charge in [0.25, 0.3) is 0 Å². The Balaban J connectivity index is 1.84. The van der Waals surface area contributed by atoms with Crippen molar-refractivity contribution < 1.29 is 0 Å². The topological polar surface area (TPSA) is 0 Å². The molecule has 21 heavy (non-hydrogen) atoms. The lowest BCUT2D eigenvalue weighted by Crippen LogP contribution is -1.88. The molecule has 0 fully saturated rings. The van der Waals surface area contributed by atoms with Crippen molar-refractivity contribution in [3.05, 3.63) is 89.9 Å². The van der Waals surface area contributed by atoms with Crippen LogP contribution in [0.25, 0.3) is 33.2 Å². The number of rotatable bonds is 0. The molecule has 0 heteroatoms. The highest BCUT2D eigenvalue weighted by Crippen LogP contribution is 2.41. The quantitative estimate of drug-likeness (QED) is 0.468. The van der Waals surface area contributed by atoms with Crippen LogP contribution >= 0.6 is 0 Å². The third kappa shape index (κ3) is 1.56. The van der Waals surface area contributed by atoms with Gasteiger partial charge in [0.15, 0.2) is 0 Å². The summed E-state index contributed by atoms with van der Waals surface area (Å²) < 4.78 is 0. The predicted octanol–water partition coefficient (Wildman–Crippen LogP) is 5.55. The first-order chi connectivity index (χ1) is 10.4. The summed E-state index contributed by atoms with van der Waals surface area (Å²) in [4.78, 5) is 0. The molecule has 0 N–H and O–H groups in total. The highest BCUT2D eigenvalue weighted by molar-refractivity contribution is 6.05. The molecule has 3 aromatic rings. The fourth-order valence-corrected chi connectivity index (χ4v) is 3.40. The van der Waals surface area contributed by atoms with Gasteiger partial charge < -0.3 is 0 Å². The van der Waals surface area contributed by atoms with E-state index in [1.165, 1.54) is 43.8 Å². The summed E-state index contributed by atoms with van der Waals surface area (Å²) in [6, 6.07) is 17.8. The summed E-state index contributed by atoms with van der Waals surface area (Å²) in [7, 11) is 0. The summed E-state index contributed by atoms with van der Waals surface area (Å²) in [6.07, 6.45) is 10.9. The Labute approximate surface area is 123 Å². The molecule has 0 bridgehead atoms. The van der Waals surface area contributed by atoms with E-state index in [1.54, 1.807) is 0 Å². The molecule has 0 unspecified atom stereocenters. The molecule has 0 heterocycles. The second-order valence-corrected chi connectivity index (χ2v) is 5.72. The van der Waals surface area contributed by atoms with E-state index in [2.05, 4.69) is 79.3 Å². The van der Waals surface area contributed by atoms with Crippen LogP contribution in [0.1, 0.15) is 11.1 Å². The maximum atomic E-state index is 2.33. The zero-order valence-corrected chi connectivity index (χ0v) is 11.5. The Kier molecular flexibility index (Phi) is 2.09. The Morgan fingerprint density at radius 2 is 1.43 bits per heavy atom. The minimum Gasteiger partial charge on any atom is -0.0760 e. The molecule has 97 valence electrons. The van der Waals surface area contributed by atoms with Crippen molar-refractivity contribution in [1.82, 2.24) is 0 Å². The summed E-state index contributed by atoms with van der Waals surface area (Å²) in [5, 5.41) is 5.25. The zero-order chi connectivity index (χ0) is 13.8. The first kappa shape index (κ1) is 11.1. The number of hydrogen-bond donors (Lipinski definition) is 0. The molecule has 0 nitrogen and oxygen atoms in total. The lowest BCUT2D eigenvalue weighted by atomic mass is 9.94. The third-order valence-corrected chi connectivity index (χ3v) is 4.44. The van der Waals surface area contributed by atoms with Gasteiger partial charge in [-0.3, -0.25) is 0 Å². The molecule has 0 aromatic heterocycles. The molecule has 0 amide bonds. The SMILES string of the molecule is [CH]1C=CC=C2C1=Cc1cc3cc4ccccc4cc3cc12. The second kappa shape index (κ2) is 3.95. The second-order valence-electron chi connectivity index (χ2n) is 5.72. The van der Waals surface area contributed by atoms with Gasteiger partial charge >= 0.3 is 0 Å². The summed E-state index contributed by atoms with van der Waals surface area (Å²) in [5.41, 5.74) is 5.36. The predicted molar refractivity (Wildman–Crippen MR) is 90.8 cm³/mol. The van der Waals surface area contributed by atoms with Crippen LogP contribution in [0.5, 0.6) is 0 Å². The van der Waals surface area contributed by atoms with Gasteiger partial charge in [-0.25, -0.2) is 0 Å². The van der Waals surface area contributed by atoms with Crippen molar-refractivity contribution in [1.29, 1.82) is 0 Å². The largest absolute Gasteiger partial charge is 0.0760 e. The molecule has 3 aromatic carbocycles. The van der Waals surface area contributed by atoms with Crippen LogP contribution in [0.3, 0.4) is 0 Å². The van der Waals surface area contributed by atoms with Crippen molar-refractivity contribution in [2.45, 2.75) is 0 Å². The first-order valence-corrected chi connectivity index (χ1v) is 7.29. The van der Waals surface area contributed by atoms with Crippen molar-refractivity contribution in [2.24, 2.45) is 0 Å². The highest BCUT2D eigenvalue weighted by Gasteiger charge is 2.19. The Morgan fingerprint density at radius 3 is 2.24 bits per heavy atom. The van der Waals surface area contributed by atoms with Crippen LogP contribution in [0.2, 0.25) is 0 Å². The molecule has 0 saturated heterocycles. The van der Waals surface area contributed by atoms with Crippen LogP contribution in [-0.2, 0) is 0 Å². The van der Waals surface area contributed by atoms with E-state index in [0.29, 0.717) is 0 Å². The molecular weight excluding hydrogens is 252 g/mol. The van der Waals surface area contributed by atoms with Gasteiger partial charge in [0, 0.05) is 6.42 Å². The van der Waals surface area contributed by atoms with Crippen molar-refractivity contribution >= 4 is 33.2 Å². The van der Waals surface area contributed by atoms with Crippen molar-refractivity contribution in [3.63, 3.8) is 0 Å². The minimum atomic E-state index is 1.31. The average molecular weight is 265 g/mol. The molecule has 5 rings (SSSR count). The van der Waals surface area contributed by atoms with Gasteiger partial charge in [0.2, 0.25) is 0 Å². The van der Waals surface area contributed by atoms with E-state index in [1.807, 2.05) is 0 Å². The number of benzene rings is 3. The molecule has 1 radical (unpaired) electrons. The van der Waals surface area contributed by atoms with Gasteiger partial charge in [-0.2, -0.15) is 0 Å². The monoisotopic (exact) mass is 265 g/mol. The van der Waals surface area contributed by atoms with Crippen molar-refractivity contribution in [3.8, 4) is 0 Å². The third-order valence-electron chi connectivity index (χ3n) is 4.44. The van der Waals surface area contributed by atoms with Crippen LogP contribution < -0.4 is 0 Å². The molecule has 0 spiro atoms. The van der Waals surface area contributed by atoms with Gasteiger partial charge in [-0.1, -0.05) is 42.5 Å². The lowest BCUT2D eigenvalue weighted by Gasteiger charge is -2.09. The zero-order valence-electron chi connectivity index (χ0n) is 11.5.